The van der Waals surface area contributed by atoms with Gasteiger partial charge in [-0.2, -0.15) is 5.26 Å². The van der Waals surface area contributed by atoms with Gasteiger partial charge in [0.05, 0.1) is 5.56 Å². The quantitative estimate of drug-likeness (QED) is 0.806. The van der Waals surface area contributed by atoms with Gasteiger partial charge in [0.25, 0.3) is 0 Å². The van der Waals surface area contributed by atoms with Crippen molar-refractivity contribution in [3.05, 3.63) is 22.9 Å². The molecule has 0 unspecified atom stereocenters. The minimum absolute atomic E-state index is 0.710. The molecule has 1 saturated carbocycles. The minimum atomic E-state index is 0.710. The first-order valence-corrected chi connectivity index (χ1v) is 7.03. The van der Waals surface area contributed by atoms with E-state index in [1.807, 2.05) is 6.07 Å². The number of rotatable bonds is 5. The van der Waals surface area contributed by atoms with Crippen LogP contribution in [0.4, 0.5) is 5.82 Å². The fourth-order valence-corrected chi connectivity index (χ4v) is 2.70. The summed E-state index contributed by atoms with van der Waals surface area (Å²) < 4.78 is 0. The van der Waals surface area contributed by atoms with Crippen molar-refractivity contribution in [2.45, 2.75) is 44.9 Å². The van der Waals surface area contributed by atoms with E-state index in [1.165, 1.54) is 43.4 Å². The molecule has 2 aliphatic carbocycles. The first-order chi connectivity index (χ1) is 8.86. The van der Waals surface area contributed by atoms with Crippen molar-refractivity contribution in [2.24, 2.45) is 5.92 Å². The fraction of sp³-hybridized carbons (Fsp3) is 0.600. The number of nitrogens with zero attached hydrogens (tertiary/aromatic N) is 2. The summed E-state index contributed by atoms with van der Waals surface area (Å²) >= 11 is 0. The van der Waals surface area contributed by atoms with Crippen LogP contribution < -0.4 is 5.32 Å². The summed E-state index contributed by atoms with van der Waals surface area (Å²) in [6.07, 6.45) is 8.67. The lowest BCUT2D eigenvalue weighted by atomic mass is 10.1. The first-order valence-electron chi connectivity index (χ1n) is 7.03. The van der Waals surface area contributed by atoms with Gasteiger partial charge in [0.15, 0.2) is 0 Å². The van der Waals surface area contributed by atoms with Crippen molar-refractivity contribution < 1.29 is 0 Å². The van der Waals surface area contributed by atoms with E-state index in [4.69, 9.17) is 0 Å². The number of nitrogens with one attached hydrogen (secondary N) is 1. The van der Waals surface area contributed by atoms with Crippen LogP contribution in [0, 0.1) is 17.2 Å². The zero-order valence-corrected chi connectivity index (χ0v) is 10.7. The number of pyridine rings is 1. The second-order valence-electron chi connectivity index (χ2n) is 5.47. The van der Waals surface area contributed by atoms with E-state index in [0.717, 1.165) is 31.1 Å². The van der Waals surface area contributed by atoms with Gasteiger partial charge < -0.3 is 5.32 Å². The summed E-state index contributed by atoms with van der Waals surface area (Å²) in [5.74, 6) is 1.78. The Kier molecular flexibility index (Phi) is 3.19. The van der Waals surface area contributed by atoms with Crippen LogP contribution in [-0.4, -0.2) is 11.5 Å². The Morgan fingerprint density at radius 1 is 1.39 bits per heavy atom. The van der Waals surface area contributed by atoms with Gasteiger partial charge in [0.1, 0.15) is 11.9 Å². The molecule has 1 N–H and O–H groups in total. The Hall–Kier alpha value is -1.56. The summed E-state index contributed by atoms with van der Waals surface area (Å²) in [6.45, 7) is 0.941. The Bertz CT molecular complexity index is 483. The molecule has 94 valence electrons. The maximum atomic E-state index is 9.17. The van der Waals surface area contributed by atoms with Gasteiger partial charge in [-0.3, -0.25) is 0 Å². The highest BCUT2D eigenvalue weighted by atomic mass is 15.0. The lowest BCUT2D eigenvalue weighted by Crippen LogP contribution is -2.07. The Labute approximate surface area is 108 Å². The molecule has 0 saturated heterocycles. The van der Waals surface area contributed by atoms with Crippen molar-refractivity contribution in [2.75, 3.05) is 11.9 Å². The van der Waals surface area contributed by atoms with Crippen molar-refractivity contribution in [3.8, 4) is 6.07 Å². The molecule has 0 aliphatic heterocycles. The number of hydrogen-bond donors (Lipinski definition) is 1. The Morgan fingerprint density at radius 2 is 2.28 bits per heavy atom. The average molecular weight is 241 g/mol. The number of fused-ring (bicyclic) bond motifs is 1. The fourth-order valence-electron chi connectivity index (χ4n) is 2.70. The van der Waals surface area contributed by atoms with Crippen molar-refractivity contribution >= 4 is 5.82 Å². The second-order valence-corrected chi connectivity index (χ2v) is 5.47. The van der Waals surface area contributed by atoms with Crippen LogP contribution in [0.1, 0.15) is 48.9 Å². The van der Waals surface area contributed by atoms with E-state index in [9.17, 15) is 5.26 Å². The van der Waals surface area contributed by atoms with Crippen LogP contribution in [0.2, 0.25) is 0 Å². The molecule has 0 bridgehead atoms. The van der Waals surface area contributed by atoms with Crippen LogP contribution in [0.3, 0.4) is 0 Å². The topological polar surface area (TPSA) is 48.7 Å². The summed E-state index contributed by atoms with van der Waals surface area (Å²) in [7, 11) is 0. The average Bonchev–Trinajstić information content (AvgIpc) is 3.10. The number of nitriles is 1. The van der Waals surface area contributed by atoms with Crippen molar-refractivity contribution in [1.29, 1.82) is 5.26 Å². The molecule has 0 radical (unpaired) electrons. The lowest BCUT2D eigenvalue weighted by molar-refractivity contribution is 0.686. The number of anilines is 1. The highest BCUT2D eigenvalue weighted by Gasteiger charge is 2.20. The van der Waals surface area contributed by atoms with E-state index < -0.39 is 0 Å². The summed E-state index contributed by atoms with van der Waals surface area (Å²) in [6, 6.07) is 4.29. The molecule has 1 heterocycles. The second kappa shape index (κ2) is 4.97. The monoisotopic (exact) mass is 241 g/mol. The van der Waals surface area contributed by atoms with E-state index in [0.29, 0.717) is 5.56 Å². The van der Waals surface area contributed by atoms with Gasteiger partial charge in [-0.1, -0.05) is 12.8 Å². The van der Waals surface area contributed by atoms with Crippen LogP contribution in [0.25, 0.3) is 0 Å². The van der Waals surface area contributed by atoms with Crippen LogP contribution in [-0.2, 0) is 12.8 Å². The molecule has 0 atom stereocenters. The summed E-state index contributed by atoms with van der Waals surface area (Å²) in [5, 5.41) is 12.5. The number of aryl methyl sites for hydroxylation is 2. The van der Waals surface area contributed by atoms with Gasteiger partial charge in [-0.15, -0.1) is 0 Å². The van der Waals surface area contributed by atoms with Gasteiger partial charge in [-0.25, -0.2) is 4.98 Å². The number of aromatic nitrogens is 1. The molecular weight excluding hydrogens is 222 g/mol. The highest BCUT2D eigenvalue weighted by Crippen LogP contribution is 2.33. The molecule has 3 rings (SSSR count). The van der Waals surface area contributed by atoms with Gasteiger partial charge in [0.2, 0.25) is 0 Å². The van der Waals surface area contributed by atoms with E-state index in [1.54, 1.807) is 0 Å². The highest BCUT2D eigenvalue weighted by molar-refractivity contribution is 5.55. The van der Waals surface area contributed by atoms with Gasteiger partial charge >= 0.3 is 0 Å². The van der Waals surface area contributed by atoms with E-state index in [2.05, 4.69) is 16.4 Å². The Morgan fingerprint density at radius 3 is 3.06 bits per heavy atom. The van der Waals surface area contributed by atoms with E-state index in [-0.39, 0.29) is 0 Å². The molecule has 0 amide bonds. The SMILES string of the molecule is N#Cc1cc2c(nc1NCCCC1CC1)CCC2. The molecular formula is C15H19N3. The molecule has 3 heteroatoms. The smallest absolute Gasteiger partial charge is 0.144 e. The number of hydrogen-bond acceptors (Lipinski definition) is 3. The molecule has 1 aromatic heterocycles. The van der Waals surface area contributed by atoms with Crippen molar-refractivity contribution in [1.82, 2.24) is 4.98 Å². The van der Waals surface area contributed by atoms with Crippen LogP contribution >= 0.6 is 0 Å². The standard InChI is InChI=1S/C15H19N3/c16-10-13-9-12-4-1-5-14(12)18-15(13)17-8-2-3-11-6-7-11/h9,11H,1-8H2,(H,17,18). The molecule has 2 aliphatic rings. The predicted molar refractivity (Wildman–Crippen MR) is 71.4 cm³/mol. The Balaban J connectivity index is 1.64. The molecule has 0 spiro atoms. The minimum Gasteiger partial charge on any atom is -0.369 e. The van der Waals surface area contributed by atoms with Gasteiger partial charge in [0, 0.05) is 12.2 Å². The maximum Gasteiger partial charge on any atom is 0.144 e. The molecule has 1 fully saturated rings. The lowest BCUT2D eigenvalue weighted by Gasteiger charge is -2.09. The summed E-state index contributed by atoms with van der Waals surface area (Å²) in [4.78, 5) is 4.62. The largest absolute Gasteiger partial charge is 0.369 e. The summed E-state index contributed by atoms with van der Waals surface area (Å²) in [5.41, 5.74) is 3.18. The third-order valence-electron chi connectivity index (χ3n) is 3.95. The molecule has 0 aromatic carbocycles. The zero-order chi connectivity index (χ0) is 12.4. The van der Waals surface area contributed by atoms with Crippen LogP contribution in [0.15, 0.2) is 6.07 Å². The third-order valence-corrected chi connectivity index (χ3v) is 3.95. The molecule has 18 heavy (non-hydrogen) atoms. The molecule has 1 aromatic rings. The first kappa shape index (κ1) is 11.5. The predicted octanol–water partition coefficient (Wildman–Crippen LogP) is 3.04. The molecule has 3 nitrogen and oxygen atoms in total. The van der Waals surface area contributed by atoms with Crippen LogP contribution in [0.5, 0.6) is 0 Å². The van der Waals surface area contributed by atoms with E-state index >= 15 is 0 Å². The zero-order valence-electron chi connectivity index (χ0n) is 10.7. The normalized spacial score (nSPS) is 17.3. The third kappa shape index (κ3) is 2.48. The maximum absolute atomic E-state index is 9.17. The van der Waals surface area contributed by atoms with Crippen molar-refractivity contribution in [3.63, 3.8) is 0 Å². The van der Waals surface area contributed by atoms with Gasteiger partial charge in [-0.05, 0) is 49.7 Å².